The van der Waals surface area contributed by atoms with Crippen LogP contribution in [0.25, 0.3) is 0 Å². The van der Waals surface area contributed by atoms with Gasteiger partial charge in [0.1, 0.15) is 17.6 Å². The number of piperidine rings is 2. The first-order valence-corrected chi connectivity index (χ1v) is 18.9. The summed E-state index contributed by atoms with van der Waals surface area (Å²) in [6.07, 6.45) is 5.58. The lowest BCUT2D eigenvalue weighted by atomic mass is 9.70. The van der Waals surface area contributed by atoms with Crippen LogP contribution in [-0.2, 0) is 28.8 Å². The molecule has 0 aromatic rings. The number of hydrogen-bond donors (Lipinski definition) is 4. The molecule has 13 nitrogen and oxygen atoms in total. The first-order chi connectivity index (χ1) is 23.5. The topological polar surface area (TPSA) is 188 Å². The maximum Gasteiger partial charge on any atom is 0.315 e. The van der Waals surface area contributed by atoms with Crippen molar-refractivity contribution >= 4 is 41.4 Å². The van der Waals surface area contributed by atoms with Gasteiger partial charge in [0, 0.05) is 25.9 Å². The molecule has 51 heavy (non-hydrogen) atoms. The summed E-state index contributed by atoms with van der Waals surface area (Å²) in [7, 11) is 0. The highest BCUT2D eigenvalue weighted by Crippen LogP contribution is 2.65. The number of ketones is 1. The van der Waals surface area contributed by atoms with Crippen LogP contribution in [0.2, 0.25) is 0 Å². The summed E-state index contributed by atoms with van der Waals surface area (Å²) in [5.74, 6) is -3.59. The fraction of sp³-hybridized carbons (Fsp3) is 0.816. The van der Waals surface area contributed by atoms with E-state index in [1.807, 2.05) is 48.5 Å². The van der Waals surface area contributed by atoms with E-state index in [9.17, 15) is 33.6 Å². The molecule has 0 spiro atoms. The second-order valence-electron chi connectivity index (χ2n) is 19.0. The van der Waals surface area contributed by atoms with Crippen molar-refractivity contribution in [2.24, 2.45) is 45.1 Å². The molecule has 2 heterocycles. The van der Waals surface area contributed by atoms with Gasteiger partial charge < -0.3 is 26.6 Å². The second-order valence-corrected chi connectivity index (χ2v) is 19.0. The predicted molar refractivity (Wildman–Crippen MR) is 189 cm³/mol. The fourth-order valence-corrected chi connectivity index (χ4v) is 9.45. The Morgan fingerprint density at radius 3 is 2.02 bits per heavy atom. The Hall–Kier alpha value is -3.51. The zero-order valence-electron chi connectivity index (χ0n) is 32.1. The number of primary amides is 1. The molecular weight excluding hydrogens is 652 g/mol. The van der Waals surface area contributed by atoms with Crippen molar-refractivity contribution in [3.8, 4) is 0 Å². The Bertz CT molecular complexity index is 1470. The number of urea groups is 1. The van der Waals surface area contributed by atoms with E-state index in [0.717, 1.165) is 19.3 Å². The lowest BCUT2D eigenvalue weighted by Gasteiger charge is -2.44. The largest absolute Gasteiger partial charge is 0.363 e. The van der Waals surface area contributed by atoms with Crippen LogP contribution < -0.4 is 21.7 Å². The van der Waals surface area contributed by atoms with Gasteiger partial charge in [-0.05, 0) is 58.7 Å². The minimum absolute atomic E-state index is 0.0118. The highest BCUT2D eigenvalue weighted by Gasteiger charge is 2.71. The van der Waals surface area contributed by atoms with Crippen LogP contribution in [0, 0.1) is 39.4 Å². The van der Waals surface area contributed by atoms with Crippen molar-refractivity contribution in [3.63, 3.8) is 0 Å². The molecule has 3 saturated carbocycles. The molecule has 0 radical (unpaired) electrons. The van der Waals surface area contributed by atoms with E-state index in [1.165, 1.54) is 4.90 Å². The number of amides is 7. The van der Waals surface area contributed by atoms with Crippen molar-refractivity contribution in [2.45, 2.75) is 144 Å². The van der Waals surface area contributed by atoms with Crippen LogP contribution >= 0.6 is 0 Å². The van der Waals surface area contributed by atoms with Crippen LogP contribution in [0.3, 0.4) is 0 Å². The Morgan fingerprint density at radius 2 is 1.51 bits per heavy atom. The van der Waals surface area contributed by atoms with Crippen molar-refractivity contribution in [1.29, 1.82) is 0 Å². The smallest absolute Gasteiger partial charge is 0.315 e. The van der Waals surface area contributed by atoms with Crippen LogP contribution in [0.1, 0.15) is 120 Å². The average Bonchev–Trinajstić information content (AvgIpc) is 3.77. The molecule has 5 aliphatic rings. The lowest BCUT2D eigenvalue weighted by Crippen LogP contribution is -2.64. The molecule has 0 bridgehead atoms. The number of nitrogens with two attached hydrogens (primary N) is 1. The molecule has 7 amide bonds. The van der Waals surface area contributed by atoms with Gasteiger partial charge in [0.05, 0.1) is 6.04 Å². The van der Waals surface area contributed by atoms with Crippen LogP contribution in [0.4, 0.5) is 4.79 Å². The van der Waals surface area contributed by atoms with Gasteiger partial charge >= 0.3 is 6.03 Å². The summed E-state index contributed by atoms with van der Waals surface area (Å²) < 4.78 is 0. The Balaban J connectivity index is 1.39. The van der Waals surface area contributed by atoms with Crippen LogP contribution in [0.15, 0.2) is 0 Å². The van der Waals surface area contributed by atoms with E-state index in [1.54, 1.807) is 4.90 Å². The fourth-order valence-electron chi connectivity index (χ4n) is 9.45. The van der Waals surface area contributed by atoms with Crippen molar-refractivity contribution < 1.29 is 33.6 Å². The molecule has 3 aliphatic carbocycles. The SMILES string of the molecule is CC[C@@H]1C[C@@]1(NC(=O)[C@@H]1[C@@H]2[C@H](CN1C(=O)[C@@H](NC(=O)N[C@H](CN1C(=O)CC(C)(C)CC1=O)C(C)(C)C)C1(C)CCCCC1)C2(C)C)C(=O)C(N)=O. The van der Waals surface area contributed by atoms with E-state index >= 15 is 0 Å². The third-order valence-corrected chi connectivity index (χ3v) is 13.1. The van der Waals surface area contributed by atoms with Crippen molar-refractivity contribution in [1.82, 2.24) is 25.8 Å². The number of rotatable bonds is 11. The summed E-state index contributed by atoms with van der Waals surface area (Å²) in [6, 6.07) is -3.03. The monoisotopic (exact) mass is 712 g/mol. The highest BCUT2D eigenvalue weighted by atomic mass is 16.2. The number of nitrogens with zero attached hydrogens (tertiary/aromatic N) is 2. The number of nitrogens with one attached hydrogen (secondary N) is 3. The van der Waals surface area contributed by atoms with Crippen molar-refractivity contribution in [2.75, 3.05) is 13.1 Å². The van der Waals surface area contributed by atoms with E-state index in [2.05, 4.69) is 29.8 Å². The molecule has 5 rings (SSSR count). The van der Waals surface area contributed by atoms with E-state index in [4.69, 9.17) is 5.73 Å². The van der Waals surface area contributed by atoms with E-state index in [-0.39, 0.29) is 60.3 Å². The number of carbonyl (C=O) groups is 7. The quantitative estimate of drug-likeness (QED) is 0.187. The van der Waals surface area contributed by atoms with E-state index in [0.29, 0.717) is 32.2 Å². The third kappa shape index (κ3) is 7.27. The molecule has 5 fully saturated rings. The van der Waals surface area contributed by atoms with Gasteiger partial charge in [-0.15, -0.1) is 0 Å². The van der Waals surface area contributed by atoms with Gasteiger partial charge in [-0.25, -0.2) is 4.79 Å². The molecule has 13 heteroatoms. The van der Waals surface area contributed by atoms with Gasteiger partial charge in [0.15, 0.2) is 0 Å². The first kappa shape index (κ1) is 38.7. The van der Waals surface area contributed by atoms with Gasteiger partial charge in [-0.3, -0.25) is 33.7 Å². The Morgan fingerprint density at radius 1 is 0.922 bits per heavy atom. The van der Waals surface area contributed by atoms with E-state index < -0.39 is 63.5 Å². The van der Waals surface area contributed by atoms with Gasteiger partial charge in [-0.1, -0.05) is 88.0 Å². The third-order valence-electron chi connectivity index (χ3n) is 13.1. The van der Waals surface area contributed by atoms with Crippen molar-refractivity contribution in [3.05, 3.63) is 0 Å². The maximum atomic E-state index is 14.8. The number of carbonyl (C=O) groups excluding carboxylic acids is 7. The number of hydrogen-bond acceptors (Lipinski definition) is 7. The zero-order valence-corrected chi connectivity index (χ0v) is 32.1. The Labute approximate surface area is 302 Å². The summed E-state index contributed by atoms with van der Waals surface area (Å²) in [5.41, 5.74) is 2.27. The first-order valence-electron chi connectivity index (χ1n) is 18.9. The molecule has 2 aliphatic heterocycles. The zero-order chi connectivity index (χ0) is 38.1. The number of Topliss-reactive ketones (excluding diaryl/α,β-unsaturated/α-hetero) is 1. The molecule has 2 saturated heterocycles. The maximum absolute atomic E-state index is 14.8. The molecule has 0 aromatic heterocycles. The molecule has 5 N–H and O–H groups in total. The minimum Gasteiger partial charge on any atom is -0.363 e. The van der Waals surface area contributed by atoms with Gasteiger partial charge in [0.25, 0.3) is 5.91 Å². The molecule has 0 aromatic carbocycles. The number of imide groups is 1. The molecule has 0 unspecified atom stereocenters. The molecule has 7 atom stereocenters. The normalized spacial score (nSPS) is 31.5. The Kier molecular flexibility index (Phi) is 9.99. The van der Waals surface area contributed by atoms with Crippen LogP contribution in [-0.4, -0.2) is 87.9 Å². The highest BCUT2D eigenvalue weighted by molar-refractivity contribution is 6.40. The number of fused-ring (bicyclic) bond motifs is 1. The lowest BCUT2D eigenvalue weighted by molar-refractivity contribution is -0.153. The molecular formula is C38H60N6O7. The van der Waals surface area contributed by atoms with Crippen LogP contribution in [0.5, 0.6) is 0 Å². The van der Waals surface area contributed by atoms with Gasteiger partial charge in [-0.2, -0.15) is 0 Å². The summed E-state index contributed by atoms with van der Waals surface area (Å²) in [5, 5.41) is 8.92. The van der Waals surface area contributed by atoms with Gasteiger partial charge in [0.2, 0.25) is 29.4 Å². The standard InChI is InChI=1S/C38H60N6O7/c1-10-21-16-38(21,29(47)30(39)48)42-31(49)27-26-22(36(26,7)8)19-44(27)32(50)28(37(9)14-12-11-13-15-37)41-33(51)40-23(34(2,3)4)20-43-24(45)17-35(5,6)18-25(43)46/h21-23,26-28H,10-20H2,1-9H3,(H2,39,48)(H,42,49)(H2,40,41,51)/t21-,22+,23-,26+,27+,28-,38+/m1/s1. The number of likely N-dealkylation sites (tertiary alicyclic amines) is 2. The summed E-state index contributed by atoms with van der Waals surface area (Å²) in [4.78, 5) is 96.8. The molecule has 284 valence electrons. The predicted octanol–water partition coefficient (Wildman–Crippen LogP) is 3.04. The summed E-state index contributed by atoms with van der Waals surface area (Å²) >= 11 is 0. The summed E-state index contributed by atoms with van der Waals surface area (Å²) in [6.45, 7) is 17.9. The average molecular weight is 713 g/mol. The second kappa shape index (κ2) is 13.2. The minimum atomic E-state index is -1.36.